The lowest BCUT2D eigenvalue weighted by Gasteiger charge is -2.63. The Balaban J connectivity index is 2.22. The molecule has 0 saturated carbocycles. The summed E-state index contributed by atoms with van der Waals surface area (Å²) in [7, 11) is 0. The molecule has 2 bridgehead atoms. The average molecular weight is 226 g/mol. The van der Waals surface area contributed by atoms with Gasteiger partial charge in [-0.25, -0.2) is 0 Å². The summed E-state index contributed by atoms with van der Waals surface area (Å²) in [6.07, 6.45) is 0. The molecule has 3 saturated heterocycles. The first-order valence-electron chi connectivity index (χ1n) is 6.84. The smallest absolute Gasteiger partial charge is 0.129 e. The van der Waals surface area contributed by atoms with Crippen LogP contribution in [0.4, 0.5) is 0 Å². The normalized spacial score (nSPS) is 40.1. The van der Waals surface area contributed by atoms with Crippen LogP contribution >= 0.6 is 0 Å². The second kappa shape index (κ2) is 3.23. The predicted octanol–water partition coefficient (Wildman–Crippen LogP) is 2.24. The lowest BCUT2D eigenvalue weighted by molar-refractivity contribution is -1.12. The van der Waals surface area contributed by atoms with Gasteiger partial charge < -0.3 is 8.97 Å². The Kier molecular flexibility index (Phi) is 2.50. The third kappa shape index (κ3) is 1.53. The molecule has 0 aliphatic carbocycles. The molecule has 0 amide bonds. The predicted molar refractivity (Wildman–Crippen MR) is 69.2 cm³/mol. The number of hydrogen-bond acceptors (Lipinski definition) is 0. The SMILES string of the molecule is CC(C)(C)[N+]12CC[N+](C(C)(C)C)(CC1)CC2. The van der Waals surface area contributed by atoms with Crippen LogP contribution in [0.2, 0.25) is 0 Å². The minimum absolute atomic E-state index is 0.439. The van der Waals surface area contributed by atoms with E-state index in [2.05, 4.69) is 41.5 Å². The van der Waals surface area contributed by atoms with E-state index in [0.29, 0.717) is 11.1 Å². The minimum Gasteiger partial charge on any atom is -0.305 e. The summed E-state index contributed by atoms with van der Waals surface area (Å²) in [5.41, 5.74) is 0.878. The van der Waals surface area contributed by atoms with Crippen molar-refractivity contribution in [2.75, 3.05) is 39.3 Å². The van der Waals surface area contributed by atoms with Crippen LogP contribution in [-0.2, 0) is 0 Å². The highest BCUT2D eigenvalue weighted by Gasteiger charge is 2.57. The fourth-order valence-corrected chi connectivity index (χ4v) is 3.83. The molecule has 0 atom stereocenters. The number of nitrogens with zero attached hydrogens (tertiary/aromatic N) is 2. The molecule has 0 aromatic rings. The summed E-state index contributed by atoms with van der Waals surface area (Å²) >= 11 is 0. The largest absolute Gasteiger partial charge is 0.305 e. The zero-order valence-corrected chi connectivity index (χ0v) is 12.1. The van der Waals surface area contributed by atoms with Gasteiger partial charge in [-0.15, -0.1) is 0 Å². The van der Waals surface area contributed by atoms with Crippen LogP contribution in [0.1, 0.15) is 41.5 Å². The van der Waals surface area contributed by atoms with Gasteiger partial charge in [0.2, 0.25) is 0 Å². The summed E-state index contributed by atoms with van der Waals surface area (Å²) in [6.45, 7) is 22.9. The molecule has 0 radical (unpaired) electrons. The Bertz CT molecular complexity index is 226. The number of rotatable bonds is 0. The molecule has 0 N–H and O–H groups in total. The lowest BCUT2D eigenvalue weighted by Crippen LogP contribution is -2.82. The van der Waals surface area contributed by atoms with Crippen LogP contribution in [0.3, 0.4) is 0 Å². The maximum absolute atomic E-state index is 2.43. The van der Waals surface area contributed by atoms with Crippen molar-refractivity contribution in [3.8, 4) is 0 Å². The zero-order valence-electron chi connectivity index (χ0n) is 12.1. The van der Waals surface area contributed by atoms with Gasteiger partial charge in [0.1, 0.15) is 39.3 Å². The summed E-state index contributed by atoms with van der Waals surface area (Å²) in [5.74, 6) is 0. The Labute approximate surface area is 101 Å². The Morgan fingerprint density at radius 3 is 0.812 bits per heavy atom. The van der Waals surface area contributed by atoms with Crippen LogP contribution in [0.5, 0.6) is 0 Å². The van der Waals surface area contributed by atoms with E-state index in [1.54, 1.807) is 0 Å². The van der Waals surface area contributed by atoms with E-state index in [0.717, 1.165) is 0 Å². The molecule has 3 aliphatic rings. The quantitative estimate of drug-likeness (QED) is 0.556. The van der Waals surface area contributed by atoms with E-state index in [1.807, 2.05) is 0 Å². The summed E-state index contributed by atoms with van der Waals surface area (Å²) in [5, 5.41) is 0. The molecule has 3 aliphatic heterocycles. The second-order valence-electron chi connectivity index (χ2n) is 7.97. The fourth-order valence-electron chi connectivity index (χ4n) is 3.83. The highest BCUT2D eigenvalue weighted by molar-refractivity contribution is 4.76. The molecule has 94 valence electrons. The van der Waals surface area contributed by atoms with Gasteiger partial charge in [-0.2, -0.15) is 0 Å². The van der Waals surface area contributed by atoms with Crippen LogP contribution in [0.25, 0.3) is 0 Å². The second-order valence-corrected chi connectivity index (χ2v) is 7.97. The van der Waals surface area contributed by atoms with Crippen molar-refractivity contribution in [2.45, 2.75) is 52.6 Å². The molecular formula is C14H30N2+2. The molecular weight excluding hydrogens is 196 g/mol. The molecule has 3 rings (SSSR count). The molecule has 0 spiro atoms. The van der Waals surface area contributed by atoms with Crippen LogP contribution in [0.15, 0.2) is 0 Å². The summed E-state index contributed by atoms with van der Waals surface area (Å²) < 4.78 is 2.73. The molecule has 0 aromatic heterocycles. The first-order chi connectivity index (χ1) is 7.12. The van der Waals surface area contributed by atoms with E-state index < -0.39 is 0 Å². The maximum atomic E-state index is 2.43. The summed E-state index contributed by atoms with van der Waals surface area (Å²) in [6, 6.07) is 0. The van der Waals surface area contributed by atoms with Crippen molar-refractivity contribution in [3.63, 3.8) is 0 Å². The van der Waals surface area contributed by atoms with Gasteiger partial charge in [-0.05, 0) is 41.5 Å². The van der Waals surface area contributed by atoms with Gasteiger partial charge in [0.05, 0.1) is 11.1 Å². The van der Waals surface area contributed by atoms with Crippen molar-refractivity contribution in [3.05, 3.63) is 0 Å². The molecule has 2 nitrogen and oxygen atoms in total. The Morgan fingerprint density at radius 1 is 0.500 bits per heavy atom. The van der Waals surface area contributed by atoms with Gasteiger partial charge in [-0.3, -0.25) is 0 Å². The zero-order chi connectivity index (χ0) is 12.2. The molecule has 16 heavy (non-hydrogen) atoms. The highest BCUT2D eigenvalue weighted by Crippen LogP contribution is 2.38. The minimum atomic E-state index is 0.439. The Morgan fingerprint density at radius 2 is 0.688 bits per heavy atom. The van der Waals surface area contributed by atoms with Crippen molar-refractivity contribution in [1.82, 2.24) is 0 Å². The van der Waals surface area contributed by atoms with E-state index >= 15 is 0 Å². The first kappa shape index (κ1) is 12.4. The van der Waals surface area contributed by atoms with Crippen LogP contribution in [-0.4, -0.2) is 59.3 Å². The summed E-state index contributed by atoms with van der Waals surface area (Å²) in [4.78, 5) is 0. The van der Waals surface area contributed by atoms with Crippen LogP contribution < -0.4 is 0 Å². The molecule has 3 fully saturated rings. The third-order valence-corrected chi connectivity index (χ3v) is 5.71. The average Bonchev–Trinajstić information content (AvgIpc) is 2.17. The van der Waals surface area contributed by atoms with Crippen molar-refractivity contribution in [1.29, 1.82) is 0 Å². The van der Waals surface area contributed by atoms with E-state index in [-0.39, 0.29) is 0 Å². The molecule has 3 heterocycles. The van der Waals surface area contributed by atoms with Gasteiger partial charge in [0.15, 0.2) is 0 Å². The number of piperazine rings is 3. The molecule has 0 aromatic carbocycles. The van der Waals surface area contributed by atoms with Crippen LogP contribution in [0, 0.1) is 0 Å². The van der Waals surface area contributed by atoms with E-state index in [1.165, 1.54) is 48.2 Å². The van der Waals surface area contributed by atoms with Gasteiger partial charge >= 0.3 is 0 Å². The fraction of sp³-hybridized carbons (Fsp3) is 1.00. The third-order valence-electron chi connectivity index (χ3n) is 5.71. The van der Waals surface area contributed by atoms with Gasteiger partial charge in [0.25, 0.3) is 0 Å². The first-order valence-corrected chi connectivity index (χ1v) is 6.84. The number of quaternary nitrogens is 2. The molecule has 0 unspecified atom stereocenters. The standard InChI is InChI=1S/C14H30N2/c1-13(2,3)15-7-10-16(11-8-15,12-9-15)14(4,5)6/h7-12H2,1-6H3/q+2. The van der Waals surface area contributed by atoms with E-state index in [9.17, 15) is 0 Å². The lowest BCUT2D eigenvalue weighted by atomic mass is 9.90. The van der Waals surface area contributed by atoms with Crippen molar-refractivity contribution >= 4 is 0 Å². The molecule has 2 heteroatoms. The number of fused-ring (bicyclic) bond motifs is 3. The van der Waals surface area contributed by atoms with E-state index in [4.69, 9.17) is 0 Å². The Hall–Kier alpha value is -0.0800. The van der Waals surface area contributed by atoms with Crippen molar-refractivity contribution < 1.29 is 8.97 Å². The van der Waals surface area contributed by atoms with Gasteiger partial charge in [-0.1, -0.05) is 0 Å². The maximum Gasteiger partial charge on any atom is 0.129 e. The topological polar surface area (TPSA) is 0 Å². The highest BCUT2D eigenvalue weighted by atomic mass is 15.6. The van der Waals surface area contributed by atoms with Crippen molar-refractivity contribution in [2.24, 2.45) is 0 Å². The number of hydrogen-bond donors (Lipinski definition) is 0. The van der Waals surface area contributed by atoms with Gasteiger partial charge in [0, 0.05) is 0 Å². The monoisotopic (exact) mass is 226 g/mol.